The Balaban J connectivity index is 1.76. The fourth-order valence-electron chi connectivity index (χ4n) is 2.03. The molecule has 0 saturated carbocycles. The number of likely N-dealkylation sites (tertiary alicyclic amines) is 1. The van der Waals surface area contributed by atoms with Crippen LogP contribution in [0.4, 0.5) is 0 Å². The predicted octanol–water partition coefficient (Wildman–Crippen LogP) is 2.58. The van der Waals surface area contributed by atoms with E-state index in [9.17, 15) is 4.79 Å². The predicted molar refractivity (Wildman–Crippen MR) is 74.6 cm³/mol. The van der Waals surface area contributed by atoms with Gasteiger partial charge in [0.25, 0.3) is 5.91 Å². The molecule has 5 heteroatoms. The minimum atomic E-state index is 0.0552. The summed E-state index contributed by atoms with van der Waals surface area (Å²) in [6.07, 6.45) is 2.37. The molecule has 2 rings (SSSR count). The van der Waals surface area contributed by atoms with E-state index in [-0.39, 0.29) is 5.91 Å². The summed E-state index contributed by atoms with van der Waals surface area (Å²) in [5.41, 5.74) is 0. The number of carbonyl (C=O) groups excluding carboxylic acids is 1. The lowest BCUT2D eigenvalue weighted by molar-refractivity contribution is 0.0943. The molecule has 17 heavy (non-hydrogen) atoms. The van der Waals surface area contributed by atoms with Gasteiger partial charge >= 0.3 is 0 Å². The lowest BCUT2D eigenvalue weighted by Crippen LogP contribution is -2.36. The molecule has 0 unspecified atom stereocenters. The highest BCUT2D eigenvalue weighted by Gasteiger charge is 2.17. The minimum absolute atomic E-state index is 0.0552. The van der Waals surface area contributed by atoms with Crippen LogP contribution in [0.5, 0.6) is 0 Å². The van der Waals surface area contributed by atoms with Crippen molar-refractivity contribution in [1.29, 1.82) is 0 Å². The number of hydrogen-bond acceptors (Lipinski definition) is 3. The Morgan fingerprint density at radius 3 is 2.82 bits per heavy atom. The van der Waals surface area contributed by atoms with Crippen molar-refractivity contribution < 1.29 is 4.79 Å². The molecule has 0 bridgehead atoms. The largest absolute Gasteiger partial charge is 0.351 e. The summed E-state index contributed by atoms with van der Waals surface area (Å²) in [7, 11) is 2.15. The highest BCUT2D eigenvalue weighted by molar-refractivity contribution is 9.11. The number of thiophene rings is 1. The summed E-state index contributed by atoms with van der Waals surface area (Å²) in [4.78, 5) is 15.0. The second kappa shape index (κ2) is 5.98. The monoisotopic (exact) mass is 316 g/mol. The van der Waals surface area contributed by atoms with Gasteiger partial charge in [0, 0.05) is 6.54 Å². The van der Waals surface area contributed by atoms with Crippen molar-refractivity contribution in [1.82, 2.24) is 10.2 Å². The Labute approximate surface area is 114 Å². The van der Waals surface area contributed by atoms with Crippen molar-refractivity contribution in [2.24, 2.45) is 5.92 Å². The van der Waals surface area contributed by atoms with Crippen LogP contribution in [-0.2, 0) is 0 Å². The van der Waals surface area contributed by atoms with Gasteiger partial charge in [-0.1, -0.05) is 0 Å². The molecule has 3 nitrogen and oxygen atoms in total. The van der Waals surface area contributed by atoms with Gasteiger partial charge in [-0.15, -0.1) is 11.3 Å². The Bertz CT molecular complexity index is 386. The summed E-state index contributed by atoms with van der Waals surface area (Å²) < 4.78 is 1.00. The molecular weight excluding hydrogens is 300 g/mol. The normalized spacial score (nSPS) is 18.2. The van der Waals surface area contributed by atoms with Crippen LogP contribution >= 0.6 is 27.3 Å². The SMILES string of the molecule is CN1CCC(CNC(=O)c2ccc(Br)s2)CC1. The molecule has 0 aromatic carbocycles. The number of halogens is 1. The van der Waals surface area contributed by atoms with Gasteiger partial charge < -0.3 is 10.2 Å². The Morgan fingerprint density at radius 2 is 2.24 bits per heavy atom. The number of hydrogen-bond donors (Lipinski definition) is 1. The van der Waals surface area contributed by atoms with Crippen molar-refractivity contribution in [2.75, 3.05) is 26.7 Å². The van der Waals surface area contributed by atoms with Crippen molar-refractivity contribution in [3.8, 4) is 0 Å². The molecular formula is C12H17BrN2OS. The third-order valence-corrected chi connectivity index (χ3v) is 4.81. The van der Waals surface area contributed by atoms with Crippen molar-refractivity contribution in [2.45, 2.75) is 12.8 Å². The van der Waals surface area contributed by atoms with E-state index in [2.05, 4.69) is 33.2 Å². The fraction of sp³-hybridized carbons (Fsp3) is 0.583. The van der Waals surface area contributed by atoms with Gasteiger partial charge in [-0.2, -0.15) is 0 Å². The van der Waals surface area contributed by atoms with Gasteiger partial charge in [-0.05, 0) is 67.0 Å². The maximum atomic E-state index is 11.8. The molecule has 1 aromatic heterocycles. The van der Waals surface area contributed by atoms with E-state index in [1.807, 2.05) is 12.1 Å². The van der Waals surface area contributed by atoms with E-state index in [0.29, 0.717) is 5.92 Å². The summed E-state index contributed by atoms with van der Waals surface area (Å²) in [5, 5.41) is 3.03. The molecule has 1 fully saturated rings. The van der Waals surface area contributed by atoms with Crippen molar-refractivity contribution >= 4 is 33.2 Å². The quantitative estimate of drug-likeness (QED) is 0.929. The molecule has 94 valence electrons. The summed E-state index contributed by atoms with van der Waals surface area (Å²) >= 11 is 4.85. The first-order valence-corrected chi connectivity index (χ1v) is 7.48. The van der Waals surface area contributed by atoms with E-state index in [1.165, 1.54) is 24.2 Å². The third kappa shape index (κ3) is 3.79. The van der Waals surface area contributed by atoms with Gasteiger partial charge in [0.15, 0.2) is 0 Å². The second-order valence-corrected chi connectivity index (χ2v) is 7.02. The number of rotatable bonds is 3. The first-order valence-electron chi connectivity index (χ1n) is 5.87. The zero-order valence-corrected chi connectivity index (χ0v) is 12.3. The molecule has 0 spiro atoms. The Morgan fingerprint density at radius 1 is 1.53 bits per heavy atom. The molecule has 2 heterocycles. The van der Waals surface area contributed by atoms with Crippen LogP contribution in [0.25, 0.3) is 0 Å². The van der Waals surface area contributed by atoms with Crippen molar-refractivity contribution in [3.05, 3.63) is 20.8 Å². The molecule has 0 aliphatic carbocycles. The van der Waals surface area contributed by atoms with Crippen LogP contribution in [0, 0.1) is 5.92 Å². The number of amides is 1. The molecule has 1 N–H and O–H groups in total. The maximum absolute atomic E-state index is 11.8. The molecule has 1 aromatic rings. The van der Waals surface area contributed by atoms with Gasteiger partial charge in [-0.3, -0.25) is 4.79 Å². The number of carbonyl (C=O) groups is 1. The van der Waals surface area contributed by atoms with Crippen LogP contribution in [0.3, 0.4) is 0 Å². The molecule has 1 saturated heterocycles. The molecule has 0 radical (unpaired) electrons. The topological polar surface area (TPSA) is 32.3 Å². The molecule has 0 atom stereocenters. The second-order valence-electron chi connectivity index (χ2n) is 4.56. The Hall–Kier alpha value is -0.390. The number of nitrogens with one attached hydrogen (secondary N) is 1. The average molecular weight is 317 g/mol. The zero-order valence-electron chi connectivity index (χ0n) is 9.91. The lowest BCUT2D eigenvalue weighted by Gasteiger charge is -2.28. The standard InChI is InChI=1S/C12H17BrN2OS/c1-15-6-4-9(5-7-15)8-14-12(16)10-2-3-11(13)17-10/h2-3,9H,4-8H2,1H3,(H,14,16). The third-order valence-electron chi connectivity index (χ3n) is 3.19. The van der Waals surface area contributed by atoms with Gasteiger partial charge in [0.1, 0.15) is 0 Å². The van der Waals surface area contributed by atoms with Crippen LogP contribution in [0.1, 0.15) is 22.5 Å². The molecule has 1 amide bonds. The van der Waals surface area contributed by atoms with E-state index in [4.69, 9.17) is 0 Å². The first-order chi connectivity index (χ1) is 8.15. The number of nitrogens with zero attached hydrogens (tertiary/aromatic N) is 1. The van der Waals surface area contributed by atoms with Crippen molar-refractivity contribution in [3.63, 3.8) is 0 Å². The molecule has 1 aliphatic heterocycles. The van der Waals surface area contributed by atoms with Gasteiger partial charge in [0.2, 0.25) is 0 Å². The van der Waals surface area contributed by atoms with E-state index >= 15 is 0 Å². The summed E-state index contributed by atoms with van der Waals surface area (Å²) in [6.45, 7) is 3.10. The number of piperidine rings is 1. The summed E-state index contributed by atoms with van der Waals surface area (Å²) in [5.74, 6) is 0.693. The first kappa shape index (κ1) is 13.1. The average Bonchev–Trinajstić information content (AvgIpc) is 2.75. The lowest BCUT2D eigenvalue weighted by atomic mass is 9.97. The highest BCUT2D eigenvalue weighted by atomic mass is 79.9. The smallest absolute Gasteiger partial charge is 0.261 e. The van der Waals surface area contributed by atoms with Crippen LogP contribution in [0.2, 0.25) is 0 Å². The highest BCUT2D eigenvalue weighted by Crippen LogP contribution is 2.22. The Kier molecular flexibility index (Phi) is 4.59. The van der Waals surface area contributed by atoms with Crippen LogP contribution in [0.15, 0.2) is 15.9 Å². The maximum Gasteiger partial charge on any atom is 0.261 e. The summed E-state index contributed by atoms with van der Waals surface area (Å²) in [6, 6.07) is 3.77. The van der Waals surface area contributed by atoms with E-state index < -0.39 is 0 Å². The van der Waals surface area contributed by atoms with Gasteiger partial charge in [-0.25, -0.2) is 0 Å². The fourth-order valence-corrected chi connectivity index (χ4v) is 3.33. The zero-order chi connectivity index (χ0) is 12.3. The van der Waals surface area contributed by atoms with E-state index in [1.54, 1.807) is 0 Å². The minimum Gasteiger partial charge on any atom is -0.351 e. The van der Waals surface area contributed by atoms with Crippen LogP contribution < -0.4 is 5.32 Å². The molecule has 1 aliphatic rings. The van der Waals surface area contributed by atoms with E-state index in [0.717, 1.165) is 28.3 Å². The van der Waals surface area contributed by atoms with Gasteiger partial charge in [0.05, 0.1) is 8.66 Å². The van der Waals surface area contributed by atoms with Crippen LogP contribution in [-0.4, -0.2) is 37.5 Å².